The number of unbranched alkanes of at least 4 members (excludes halogenated alkanes) is 1. The zero-order valence-electron chi connectivity index (χ0n) is 16.6. The molecule has 1 saturated heterocycles. The Hall–Kier alpha value is -0.830. The van der Waals surface area contributed by atoms with Crippen LogP contribution in [0.4, 0.5) is 0 Å². The molecular formula is C19H36IN5O. The summed E-state index contributed by atoms with van der Waals surface area (Å²) in [5.41, 5.74) is 1.06. The monoisotopic (exact) mass is 477 g/mol. The molecule has 0 bridgehead atoms. The van der Waals surface area contributed by atoms with E-state index in [2.05, 4.69) is 45.6 Å². The molecule has 0 amide bonds. The van der Waals surface area contributed by atoms with E-state index in [0.717, 1.165) is 36.8 Å². The SMILES string of the molecule is CCC(CC)c1cc(CNC(=NC)NCCCCN2CCCC2)on1.I. The van der Waals surface area contributed by atoms with Crippen molar-refractivity contribution in [3.05, 3.63) is 17.5 Å². The van der Waals surface area contributed by atoms with E-state index in [-0.39, 0.29) is 24.0 Å². The van der Waals surface area contributed by atoms with E-state index >= 15 is 0 Å². The predicted molar refractivity (Wildman–Crippen MR) is 118 cm³/mol. The first kappa shape index (κ1) is 23.2. The summed E-state index contributed by atoms with van der Waals surface area (Å²) in [7, 11) is 1.80. The van der Waals surface area contributed by atoms with Gasteiger partial charge in [-0.25, -0.2) is 0 Å². The highest BCUT2D eigenvalue weighted by Gasteiger charge is 2.13. The smallest absolute Gasteiger partial charge is 0.191 e. The standard InChI is InChI=1S/C19H35N5O.HI/c1-4-16(5-2)18-14-17(25-23-18)15-22-19(20-3)21-10-6-7-11-24-12-8-9-13-24;/h14,16H,4-13,15H2,1-3H3,(H2,20,21,22);1H. The van der Waals surface area contributed by atoms with Crippen LogP contribution in [0, 0.1) is 0 Å². The van der Waals surface area contributed by atoms with Gasteiger partial charge in [0.15, 0.2) is 11.7 Å². The van der Waals surface area contributed by atoms with Crippen LogP contribution in [0.1, 0.15) is 69.7 Å². The van der Waals surface area contributed by atoms with Gasteiger partial charge < -0.3 is 20.1 Å². The first-order valence-corrected chi connectivity index (χ1v) is 9.89. The predicted octanol–water partition coefficient (Wildman–Crippen LogP) is 3.74. The van der Waals surface area contributed by atoms with Crippen LogP contribution in [0.15, 0.2) is 15.6 Å². The number of aromatic nitrogens is 1. The zero-order chi connectivity index (χ0) is 17.9. The molecular weight excluding hydrogens is 441 g/mol. The van der Waals surface area contributed by atoms with Crippen molar-refractivity contribution in [1.29, 1.82) is 0 Å². The fraction of sp³-hybridized carbons (Fsp3) is 0.789. The molecule has 0 spiro atoms. The molecule has 7 heteroatoms. The second-order valence-electron chi connectivity index (χ2n) is 6.84. The summed E-state index contributed by atoms with van der Waals surface area (Å²) in [5.74, 6) is 2.17. The van der Waals surface area contributed by atoms with Crippen molar-refractivity contribution in [2.75, 3.05) is 33.2 Å². The van der Waals surface area contributed by atoms with E-state index < -0.39 is 0 Å². The average molecular weight is 477 g/mol. The summed E-state index contributed by atoms with van der Waals surface area (Å²) in [6, 6.07) is 2.06. The fourth-order valence-corrected chi connectivity index (χ4v) is 3.38. The minimum atomic E-state index is 0. The molecule has 0 aliphatic carbocycles. The van der Waals surface area contributed by atoms with Crippen molar-refractivity contribution in [3.63, 3.8) is 0 Å². The molecule has 1 aliphatic heterocycles. The Balaban J connectivity index is 0.00000338. The number of guanidine groups is 1. The molecule has 0 saturated carbocycles. The van der Waals surface area contributed by atoms with Crippen molar-refractivity contribution in [3.8, 4) is 0 Å². The molecule has 2 heterocycles. The molecule has 150 valence electrons. The summed E-state index contributed by atoms with van der Waals surface area (Å²) in [5, 5.41) is 10.9. The van der Waals surface area contributed by atoms with Crippen LogP contribution >= 0.6 is 24.0 Å². The molecule has 2 rings (SSSR count). The summed E-state index contributed by atoms with van der Waals surface area (Å²) >= 11 is 0. The Morgan fingerprint density at radius 2 is 1.96 bits per heavy atom. The lowest BCUT2D eigenvalue weighted by Crippen LogP contribution is -2.37. The molecule has 0 radical (unpaired) electrons. The van der Waals surface area contributed by atoms with Gasteiger partial charge in [0.2, 0.25) is 0 Å². The number of hydrogen-bond acceptors (Lipinski definition) is 4. The Bertz CT molecular complexity index is 510. The summed E-state index contributed by atoms with van der Waals surface area (Å²) in [4.78, 5) is 6.84. The van der Waals surface area contributed by atoms with Crippen molar-refractivity contribution in [1.82, 2.24) is 20.7 Å². The van der Waals surface area contributed by atoms with E-state index in [1.54, 1.807) is 7.05 Å². The van der Waals surface area contributed by atoms with Gasteiger partial charge in [-0.2, -0.15) is 0 Å². The van der Waals surface area contributed by atoms with E-state index in [0.29, 0.717) is 12.5 Å². The van der Waals surface area contributed by atoms with E-state index in [1.807, 2.05) is 0 Å². The number of aliphatic imine (C=N–C) groups is 1. The number of halogens is 1. The molecule has 0 unspecified atom stereocenters. The topological polar surface area (TPSA) is 65.7 Å². The molecule has 1 fully saturated rings. The Labute approximate surface area is 175 Å². The molecule has 1 aliphatic rings. The molecule has 1 aromatic rings. The van der Waals surface area contributed by atoms with Gasteiger partial charge in [0.05, 0.1) is 12.2 Å². The maximum Gasteiger partial charge on any atom is 0.191 e. The zero-order valence-corrected chi connectivity index (χ0v) is 18.9. The minimum absolute atomic E-state index is 0. The van der Waals surface area contributed by atoms with Crippen molar-refractivity contribution in [2.24, 2.45) is 4.99 Å². The van der Waals surface area contributed by atoms with Crippen LogP contribution in [0.3, 0.4) is 0 Å². The molecule has 1 aromatic heterocycles. The summed E-state index contributed by atoms with van der Waals surface area (Å²) < 4.78 is 5.44. The number of rotatable bonds is 10. The van der Waals surface area contributed by atoms with Gasteiger partial charge in [-0.1, -0.05) is 19.0 Å². The minimum Gasteiger partial charge on any atom is -0.359 e. The highest BCUT2D eigenvalue weighted by Crippen LogP contribution is 2.22. The van der Waals surface area contributed by atoms with Gasteiger partial charge in [0.1, 0.15) is 0 Å². The molecule has 0 atom stereocenters. The van der Waals surface area contributed by atoms with Gasteiger partial charge in [-0.15, -0.1) is 24.0 Å². The number of nitrogens with zero attached hydrogens (tertiary/aromatic N) is 3. The van der Waals surface area contributed by atoms with E-state index in [4.69, 9.17) is 4.52 Å². The van der Waals surface area contributed by atoms with Crippen molar-refractivity contribution < 1.29 is 4.52 Å². The maximum atomic E-state index is 5.44. The third-order valence-corrected chi connectivity index (χ3v) is 5.03. The van der Waals surface area contributed by atoms with Crippen LogP contribution in [0.25, 0.3) is 0 Å². The molecule has 2 N–H and O–H groups in total. The van der Waals surface area contributed by atoms with Crippen LogP contribution in [0.5, 0.6) is 0 Å². The second-order valence-corrected chi connectivity index (χ2v) is 6.84. The van der Waals surface area contributed by atoms with Gasteiger partial charge in [0, 0.05) is 25.6 Å². The summed E-state index contributed by atoms with van der Waals surface area (Å²) in [6.07, 6.45) is 7.33. The third-order valence-electron chi connectivity index (χ3n) is 5.03. The number of likely N-dealkylation sites (tertiary alicyclic amines) is 1. The van der Waals surface area contributed by atoms with Crippen LogP contribution in [0.2, 0.25) is 0 Å². The van der Waals surface area contributed by atoms with Crippen molar-refractivity contribution >= 4 is 29.9 Å². The first-order valence-electron chi connectivity index (χ1n) is 9.89. The maximum absolute atomic E-state index is 5.44. The second kappa shape index (κ2) is 13.4. The normalized spacial score (nSPS) is 15.3. The number of hydrogen-bond donors (Lipinski definition) is 2. The highest BCUT2D eigenvalue weighted by molar-refractivity contribution is 14.0. The fourth-order valence-electron chi connectivity index (χ4n) is 3.38. The molecule has 0 aromatic carbocycles. The van der Waals surface area contributed by atoms with Crippen LogP contribution in [-0.2, 0) is 6.54 Å². The highest BCUT2D eigenvalue weighted by atomic mass is 127. The van der Waals surface area contributed by atoms with Crippen LogP contribution < -0.4 is 10.6 Å². The van der Waals surface area contributed by atoms with Gasteiger partial charge in [-0.3, -0.25) is 4.99 Å². The third kappa shape index (κ3) is 7.82. The lowest BCUT2D eigenvalue weighted by Gasteiger charge is -2.15. The lowest BCUT2D eigenvalue weighted by atomic mass is 9.99. The quantitative estimate of drug-likeness (QED) is 0.233. The Morgan fingerprint density at radius 3 is 2.62 bits per heavy atom. The van der Waals surface area contributed by atoms with E-state index in [9.17, 15) is 0 Å². The van der Waals surface area contributed by atoms with Gasteiger partial charge >= 0.3 is 0 Å². The Morgan fingerprint density at radius 1 is 1.23 bits per heavy atom. The summed E-state index contributed by atoms with van der Waals surface area (Å²) in [6.45, 7) is 9.74. The average Bonchev–Trinajstić information content (AvgIpc) is 3.30. The van der Waals surface area contributed by atoms with Crippen LogP contribution in [-0.4, -0.2) is 49.2 Å². The first-order chi connectivity index (χ1) is 12.3. The van der Waals surface area contributed by atoms with Gasteiger partial charge in [-0.05, 0) is 58.2 Å². The van der Waals surface area contributed by atoms with Crippen molar-refractivity contribution in [2.45, 2.75) is 64.8 Å². The largest absolute Gasteiger partial charge is 0.359 e. The van der Waals surface area contributed by atoms with E-state index in [1.165, 1.54) is 45.3 Å². The Kier molecular flexibility index (Phi) is 11.9. The molecule has 6 nitrogen and oxygen atoms in total. The molecule has 26 heavy (non-hydrogen) atoms. The van der Waals surface area contributed by atoms with Gasteiger partial charge in [0.25, 0.3) is 0 Å². The number of nitrogens with one attached hydrogen (secondary N) is 2. The lowest BCUT2D eigenvalue weighted by molar-refractivity contribution is 0.330.